The van der Waals surface area contributed by atoms with Gasteiger partial charge < -0.3 is 19.7 Å². The van der Waals surface area contributed by atoms with Crippen LogP contribution in [0.2, 0.25) is 0 Å². The van der Waals surface area contributed by atoms with Gasteiger partial charge in [0.2, 0.25) is 0 Å². The molecular weight excluding hydrogens is 400 g/mol. The van der Waals surface area contributed by atoms with Gasteiger partial charge in [-0.1, -0.05) is 24.3 Å². The van der Waals surface area contributed by atoms with Crippen molar-refractivity contribution in [2.45, 2.75) is 19.9 Å². The lowest BCUT2D eigenvalue weighted by Crippen LogP contribution is -2.26. The van der Waals surface area contributed by atoms with Crippen LogP contribution >= 0.6 is 11.3 Å². The number of hydrogen-bond donors (Lipinski definition) is 1. The van der Waals surface area contributed by atoms with Gasteiger partial charge in [0.25, 0.3) is 5.91 Å². The second-order valence-corrected chi connectivity index (χ2v) is 8.38. The van der Waals surface area contributed by atoms with E-state index in [1.807, 2.05) is 43.4 Å². The number of nitrogens with one attached hydrogen (secondary N) is 1. The third-order valence-electron chi connectivity index (χ3n) is 5.27. The summed E-state index contributed by atoms with van der Waals surface area (Å²) < 4.78 is 10.8. The van der Waals surface area contributed by atoms with Gasteiger partial charge in [-0.3, -0.25) is 4.79 Å². The number of anilines is 1. The van der Waals surface area contributed by atoms with Crippen LogP contribution in [0.1, 0.15) is 38.1 Å². The molecule has 1 aliphatic rings. The highest BCUT2D eigenvalue weighted by Crippen LogP contribution is 2.38. The van der Waals surface area contributed by atoms with Crippen LogP contribution < -0.4 is 10.1 Å². The Labute approximate surface area is 179 Å². The van der Waals surface area contributed by atoms with Crippen LogP contribution in [0.5, 0.6) is 5.75 Å². The summed E-state index contributed by atoms with van der Waals surface area (Å²) in [6, 6.07) is 11.5. The van der Waals surface area contributed by atoms with Crippen LogP contribution in [0.3, 0.4) is 0 Å². The van der Waals surface area contributed by atoms with Crippen molar-refractivity contribution in [2.24, 2.45) is 0 Å². The molecule has 1 N–H and O–H groups in total. The molecule has 0 spiro atoms. The molecule has 3 aromatic rings. The summed E-state index contributed by atoms with van der Waals surface area (Å²) in [5.41, 5.74) is 1.89. The highest BCUT2D eigenvalue weighted by molar-refractivity contribution is 7.17. The molecule has 0 bridgehead atoms. The first-order valence-electron chi connectivity index (χ1n) is 9.90. The number of benzene rings is 2. The Morgan fingerprint density at radius 2 is 1.93 bits per heavy atom. The fourth-order valence-electron chi connectivity index (χ4n) is 3.77. The van der Waals surface area contributed by atoms with Gasteiger partial charge in [-0.05, 0) is 48.9 Å². The molecule has 0 atom stereocenters. The molecule has 2 aromatic carbocycles. The van der Waals surface area contributed by atoms with E-state index in [-0.39, 0.29) is 18.5 Å². The van der Waals surface area contributed by atoms with Gasteiger partial charge in [-0.2, -0.15) is 0 Å². The van der Waals surface area contributed by atoms with Crippen LogP contribution in [-0.2, 0) is 17.7 Å². The maximum atomic E-state index is 13.2. The largest absolute Gasteiger partial charge is 0.496 e. The molecule has 0 unspecified atom stereocenters. The molecule has 0 saturated heterocycles. The average Bonchev–Trinajstić information content (AvgIpc) is 3.09. The van der Waals surface area contributed by atoms with Gasteiger partial charge in [-0.25, -0.2) is 4.79 Å². The van der Waals surface area contributed by atoms with E-state index < -0.39 is 0 Å². The summed E-state index contributed by atoms with van der Waals surface area (Å²) in [6.45, 7) is 3.68. The lowest BCUT2D eigenvalue weighted by atomic mass is 10.0. The van der Waals surface area contributed by atoms with Crippen molar-refractivity contribution < 1.29 is 19.1 Å². The molecule has 7 heteroatoms. The van der Waals surface area contributed by atoms with E-state index in [0.717, 1.165) is 40.7 Å². The van der Waals surface area contributed by atoms with E-state index in [0.29, 0.717) is 21.9 Å². The highest BCUT2D eigenvalue weighted by atomic mass is 32.1. The number of methoxy groups -OCH3 is 1. The van der Waals surface area contributed by atoms with Crippen LogP contribution in [0.25, 0.3) is 10.8 Å². The summed E-state index contributed by atoms with van der Waals surface area (Å²) in [5, 5.41) is 5.43. The zero-order chi connectivity index (χ0) is 21.3. The molecule has 0 aliphatic carbocycles. The van der Waals surface area contributed by atoms with Crippen molar-refractivity contribution in [3.05, 3.63) is 58.0 Å². The van der Waals surface area contributed by atoms with E-state index in [4.69, 9.17) is 9.47 Å². The number of fused-ring (bicyclic) bond motifs is 2. The Morgan fingerprint density at radius 3 is 2.63 bits per heavy atom. The lowest BCUT2D eigenvalue weighted by molar-refractivity contribution is 0.0526. The lowest BCUT2D eigenvalue weighted by Gasteiger charge is -2.22. The number of thiophene rings is 1. The second kappa shape index (κ2) is 8.45. The molecule has 0 fully saturated rings. The molecule has 0 saturated carbocycles. The van der Waals surface area contributed by atoms with Gasteiger partial charge in [0.05, 0.1) is 24.8 Å². The number of likely N-dealkylation sites (N-methyl/N-ethyl adjacent to an activating group) is 1. The molecular formula is C23H24N2O4S. The minimum absolute atomic E-state index is 0.287. The molecule has 0 radical (unpaired) electrons. The molecule has 4 rings (SSSR count). The first-order valence-corrected chi connectivity index (χ1v) is 10.7. The molecule has 1 amide bonds. The van der Waals surface area contributed by atoms with Crippen LogP contribution in [0, 0.1) is 0 Å². The second-order valence-electron chi connectivity index (χ2n) is 7.27. The third kappa shape index (κ3) is 3.78. The fourth-order valence-corrected chi connectivity index (χ4v) is 5.09. The molecule has 30 heavy (non-hydrogen) atoms. The van der Waals surface area contributed by atoms with Gasteiger partial charge in [0.1, 0.15) is 10.8 Å². The number of hydrogen-bond acceptors (Lipinski definition) is 6. The summed E-state index contributed by atoms with van der Waals surface area (Å²) in [5.74, 6) is -0.208. The molecule has 1 aromatic heterocycles. The number of amides is 1. The molecule has 2 heterocycles. The van der Waals surface area contributed by atoms with Gasteiger partial charge in [0.15, 0.2) is 0 Å². The minimum Gasteiger partial charge on any atom is -0.496 e. The van der Waals surface area contributed by atoms with Crippen molar-refractivity contribution in [3.63, 3.8) is 0 Å². The van der Waals surface area contributed by atoms with E-state index in [9.17, 15) is 9.59 Å². The zero-order valence-corrected chi connectivity index (χ0v) is 18.1. The smallest absolute Gasteiger partial charge is 0.341 e. The minimum atomic E-state index is -0.389. The van der Waals surface area contributed by atoms with Crippen LogP contribution in [0.4, 0.5) is 5.00 Å². The molecule has 156 valence electrons. The predicted molar refractivity (Wildman–Crippen MR) is 119 cm³/mol. The van der Waals surface area contributed by atoms with Gasteiger partial charge in [0, 0.05) is 18.0 Å². The maximum Gasteiger partial charge on any atom is 0.341 e. The molecule has 6 nitrogen and oxygen atoms in total. The number of carbonyl (C=O) groups is 2. The fraction of sp³-hybridized carbons (Fsp3) is 0.304. The first-order chi connectivity index (χ1) is 14.5. The number of carbonyl (C=O) groups excluding carboxylic acids is 2. The topological polar surface area (TPSA) is 67.9 Å². The monoisotopic (exact) mass is 424 g/mol. The van der Waals surface area contributed by atoms with E-state index in [1.54, 1.807) is 14.0 Å². The Hall–Kier alpha value is -2.90. The summed E-state index contributed by atoms with van der Waals surface area (Å²) in [6.07, 6.45) is 0.756. The maximum absolute atomic E-state index is 13.2. The quantitative estimate of drug-likeness (QED) is 0.618. The number of nitrogens with zero attached hydrogens (tertiary/aromatic N) is 1. The average molecular weight is 425 g/mol. The summed E-state index contributed by atoms with van der Waals surface area (Å²) in [7, 11) is 3.59. The van der Waals surface area contributed by atoms with E-state index >= 15 is 0 Å². The van der Waals surface area contributed by atoms with Crippen molar-refractivity contribution in [3.8, 4) is 5.75 Å². The third-order valence-corrected chi connectivity index (χ3v) is 6.40. The van der Waals surface area contributed by atoms with Crippen LogP contribution in [-0.4, -0.2) is 44.1 Å². The standard InChI is InChI=1S/C23H24N2O4S/c1-4-29-23(27)20-16-9-10-25(2)13-19(16)30-22(20)24-21(26)17-11-14-7-5-6-8-15(14)12-18(17)28-3/h5-8,11-12H,4,9-10,13H2,1-3H3,(H,24,26). The van der Waals surface area contributed by atoms with Crippen LogP contribution in [0.15, 0.2) is 36.4 Å². The van der Waals surface area contributed by atoms with Crippen molar-refractivity contribution in [2.75, 3.05) is 32.6 Å². The first kappa shape index (κ1) is 20.4. The van der Waals surface area contributed by atoms with Crippen molar-refractivity contribution in [1.29, 1.82) is 0 Å². The summed E-state index contributed by atoms with van der Waals surface area (Å²) >= 11 is 1.44. The Balaban J connectivity index is 1.73. The Bertz CT molecular complexity index is 1120. The zero-order valence-electron chi connectivity index (χ0n) is 17.3. The number of esters is 1. The predicted octanol–water partition coefficient (Wildman–Crippen LogP) is 4.33. The van der Waals surface area contributed by atoms with Crippen molar-refractivity contribution in [1.82, 2.24) is 4.90 Å². The Morgan fingerprint density at radius 1 is 1.20 bits per heavy atom. The number of rotatable bonds is 5. The van der Waals surface area contributed by atoms with E-state index in [1.165, 1.54) is 11.3 Å². The summed E-state index contributed by atoms with van der Waals surface area (Å²) in [4.78, 5) is 29.2. The van der Waals surface area contributed by atoms with Gasteiger partial charge >= 0.3 is 5.97 Å². The molecule has 1 aliphatic heterocycles. The van der Waals surface area contributed by atoms with Crippen molar-refractivity contribution >= 4 is 39.0 Å². The SMILES string of the molecule is CCOC(=O)c1c(NC(=O)c2cc3ccccc3cc2OC)sc2c1CCN(C)C2. The Kier molecular flexibility index (Phi) is 5.74. The highest BCUT2D eigenvalue weighted by Gasteiger charge is 2.29. The van der Waals surface area contributed by atoms with E-state index in [2.05, 4.69) is 10.2 Å². The normalized spacial score (nSPS) is 13.7. The number of ether oxygens (including phenoxy) is 2. The van der Waals surface area contributed by atoms with Gasteiger partial charge in [-0.15, -0.1) is 11.3 Å².